The lowest BCUT2D eigenvalue weighted by molar-refractivity contribution is 0.302. The normalized spacial score (nSPS) is 10.3. The Kier molecular flexibility index (Phi) is 5.66. The van der Waals surface area contributed by atoms with Crippen molar-refractivity contribution in [2.24, 2.45) is 0 Å². The maximum atomic E-state index is 9.05. The van der Waals surface area contributed by atoms with Crippen LogP contribution in [0.2, 0.25) is 0 Å². The molecule has 0 amide bonds. The molecule has 0 spiro atoms. The van der Waals surface area contributed by atoms with Crippen LogP contribution in [0.1, 0.15) is 11.3 Å². The van der Waals surface area contributed by atoms with E-state index in [0.29, 0.717) is 13.1 Å². The summed E-state index contributed by atoms with van der Waals surface area (Å²) in [5, 5.41) is 12.2. The number of aliphatic hydroxyl groups is 1. The van der Waals surface area contributed by atoms with E-state index in [0.717, 1.165) is 18.1 Å². The summed E-state index contributed by atoms with van der Waals surface area (Å²) in [5.41, 5.74) is 2.18. The molecule has 0 saturated carbocycles. The maximum absolute atomic E-state index is 9.05. The molecule has 0 atom stereocenters. The number of rotatable bonds is 7. The maximum Gasteiger partial charge on any atom is 0.129 e. The number of hydrogen-bond donors (Lipinski definition) is 2. The van der Waals surface area contributed by atoms with Crippen LogP contribution in [0.3, 0.4) is 0 Å². The summed E-state index contributed by atoms with van der Waals surface area (Å²) >= 11 is 0. The Morgan fingerprint density at radius 3 is 2.88 bits per heavy atom. The first-order chi connectivity index (χ1) is 8.21. The minimum atomic E-state index is 0.116. The van der Waals surface area contributed by atoms with Crippen LogP contribution in [-0.4, -0.2) is 36.8 Å². The van der Waals surface area contributed by atoms with Gasteiger partial charge in [-0.2, -0.15) is 0 Å². The van der Waals surface area contributed by atoms with Crippen molar-refractivity contribution in [3.05, 3.63) is 36.0 Å². The van der Waals surface area contributed by atoms with Gasteiger partial charge in [-0.3, -0.25) is 0 Å². The highest BCUT2D eigenvalue weighted by Gasteiger charge is 2.07. The lowest BCUT2D eigenvalue weighted by atomic mass is 10.2. The van der Waals surface area contributed by atoms with Crippen LogP contribution < -0.4 is 10.2 Å². The zero-order chi connectivity index (χ0) is 12.7. The van der Waals surface area contributed by atoms with Crippen LogP contribution in [0.15, 0.2) is 24.8 Å². The fourth-order valence-corrected chi connectivity index (χ4v) is 1.77. The first-order valence-corrected chi connectivity index (χ1v) is 5.80. The molecule has 2 N–H and O–H groups in total. The van der Waals surface area contributed by atoms with Crippen molar-refractivity contribution in [2.45, 2.75) is 13.5 Å². The molecule has 0 unspecified atom stereocenters. The number of pyridine rings is 1. The Hall–Kier alpha value is -1.39. The third-order valence-electron chi connectivity index (χ3n) is 2.42. The van der Waals surface area contributed by atoms with E-state index < -0.39 is 0 Å². The van der Waals surface area contributed by atoms with Gasteiger partial charge in [-0.25, -0.2) is 4.98 Å². The van der Waals surface area contributed by atoms with Crippen LogP contribution in [0.5, 0.6) is 0 Å². The minimum Gasteiger partial charge on any atom is -0.395 e. The summed E-state index contributed by atoms with van der Waals surface area (Å²) < 4.78 is 0. The standard InChI is InChI=1S/C13H21N3O/c1-4-5-16(6-7-17)13-9-12(10-14-3)8-11(2)15-13/h4,8-9,14,17H,1,5-7,10H2,2-3H3. The third kappa shape index (κ3) is 4.17. The predicted octanol–water partition coefficient (Wildman–Crippen LogP) is 1.09. The van der Waals surface area contributed by atoms with Crippen molar-refractivity contribution in [1.29, 1.82) is 0 Å². The second-order valence-corrected chi connectivity index (χ2v) is 3.96. The van der Waals surface area contributed by atoms with Gasteiger partial charge in [0.2, 0.25) is 0 Å². The highest BCUT2D eigenvalue weighted by Crippen LogP contribution is 2.14. The van der Waals surface area contributed by atoms with Crippen molar-refractivity contribution in [1.82, 2.24) is 10.3 Å². The van der Waals surface area contributed by atoms with E-state index in [4.69, 9.17) is 5.11 Å². The number of hydrogen-bond acceptors (Lipinski definition) is 4. The predicted molar refractivity (Wildman–Crippen MR) is 71.2 cm³/mol. The van der Waals surface area contributed by atoms with Crippen molar-refractivity contribution in [3.8, 4) is 0 Å². The van der Waals surface area contributed by atoms with Gasteiger partial charge < -0.3 is 15.3 Å². The largest absolute Gasteiger partial charge is 0.395 e. The van der Waals surface area contributed by atoms with E-state index in [1.54, 1.807) is 0 Å². The van der Waals surface area contributed by atoms with E-state index in [1.807, 2.05) is 31.0 Å². The Morgan fingerprint density at radius 1 is 1.53 bits per heavy atom. The van der Waals surface area contributed by atoms with E-state index in [1.165, 1.54) is 5.56 Å². The third-order valence-corrected chi connectivity index (χ3v) is 2.42. The number of aromatic nitrogens is 1. The summed E-state index contributed by atoms with van der Waals surface area (Å²) in [6, 6.07) is 4.10. The Morgan fingerprint density at radius 2 is 2.29 bits per heavy atom. The van der Waals surface area contributed by atoms with Crippen LogP contribution in [0.4, 0.5) is 5.82 Å². The molecule has 0 fully saturated rings. The second-order valence-electron chi connectivity index (χ2n) is 3.96. The number of nitrogens with one attached hydrogen (secondary N) is 1. The summed E-state index contributed by atoms with van der Waals surface area (Å²) in [5.74, 6) is 0.893. The lowest BCUT2D eigenvalue weighted by Crippen LogP contribution is -2.28. The van der Waals surface area contributed by atoms with Gasteiger partial charge >= 0.3 is 0 Å². The first kappa shape index (κ1) is 13.7. The van der Waals surface area contributed by atoms with Gasteiger partial charge in [-0.15, -0.1) is 6.58 Å². The van der Waals surface area contributed by atoms with Crippen LogP contribution >= 0.6 is 0 Å². The number of anilines is 1. The summed E-state index contributed by atoms with van der Waals surface area (Å²) in [7, 11) is 1.92. The van der Waals surface area contributed by atoms with E-state index in [-0.39, 0.29) is 6.61 Å². The van der Waals surface area contributed by atoms with Gasteiger partial charge in [0.1, 0.15) is 5.82 Å². The average molecular weight is 235 g/mol. The van der Waals surface area contributed by atoms with Crippen molar-refractivity contribution >= 4 is 5.82 Å². The molecule has 4 nitrogen and oxygen atoms in total. The molecule has 0 aliphatic carbocycles. The van der Waals surface area contributed by atoms with E-state index in [9.17, 15) is 0 Å². The van der Waals surface area contributed by atoms with Gasteiger partial charge in [-0.1, -0.05) is 6.08 Å². The number of nitrogens with zero attached hydrogens (tertiary/aromatic N) is 2. The van der Waals surface area contributed by atoms with Crippen molar-refractivity contribution in [3.63, 3.8) is 0 Å². The molecule has 0 aliphatic heterocycles. The van der Waals surface area contributed by atoms with Crippen molar-refractivity contribution < 1.29 is 5.11 Å². The summed E-state index contributed by atoms with van der Waals surface area (Å²) in [6.45, 7) is 7.90. The smallest absolute Gasteiger partial charge is 0.129 e. The highest BCUT2D eigenvalue weighted by molar-refractivity contribution is 5.43. The van der Waals surface area contributed by atoms with Gasteiger partial charge in [-0.05, 0) is 31.7 Å². The molecule has 1 rings (SSSR count). The van der Waals surface area contributed by atoms with Gasteiger partial charge in [0.05, 0.1) is 6.61 Å². The quantitative estimate of drug-likeness (QED) is 0.695. The molecule has 1 aromatic heterocycles. The molecule has 0 bridgehead atoms. The van der Waals surface area contributed by atoms with Crippen molar-refractivity contribution in [2.75, 3.05) is 31.6 Å². The summed E-state index contributed by atoms with van der Waals surface area (Å²) in [4.78, 5) is 6.51. The molecule has 0 radical (unpaired) electrons. The van der Waals surface area contributed by atoms with Crippen LogP contribution in [-0.2, 0) is 6.54 Å². The second kappa shape index (κ2) is 7.04. The lowest BCUT2D eigenvalue weighted by Gasteiger charge is -2.22. The van der Waals surface area contributed by atoms with E-state index >= 15 is 0 Å². The molecular weight excluding hydrogens is 214 g/mol. The molecular formula is C13H21N3O. The Balaban J connectivity index is 2.95. The Bertz CT molecular complexity index is 366. The molecule has 4 heteroatoms. The van der Waals surface area contributed by atoms with Gasteiger partial charge in [0, 0.05) is 25.3 Å². The monoisotopic (exact) mass is 235 g/mol. The topological polar surface area (TPSA) is 48.4 Å². The zero-order valence-corrected chi connectivity index (χ0v) is 10.6. The molecule has 0 aromatic carbocycles. The zero-order valence-electron chi connectivity index (χ0n) is 10.6. The van der Waals surface area contributed by atoms with Gasteiger partial charge in [0.25, 0.3) is 0 Å². The molecule has 94 valence electrons. The fourth-order valence-electron chi connectivity index (χ4n) is 1.77. The average Bonchev–Trinajstić information content (AvgIpc) is 2.28. The first-order valence-electron chi connectivity index (χ1n) is 5.80. The number of aryl methyl sites for hydroxylation is 1. The van der Waals surface area contributed by atoms with Crippen LogP contribution in [0, 0.1) is 6.92 Å². The highest BCUT2D eigenvalue weighted by atomic mass is 16.3. The minimum absolute atomic E-state index is 0.116. The molecule has 0 aliphatic rings. The summed E-state index contributed by atoms with van der Waals surface area (Å²) in [6.07, 6.45) is 1.82. The molecule has 0 saturated heterocycles. The van der Waals surface area contributed by atoms with E-state index in [2.05, 4.69) is 22.9 Å². The molecule has 17 heavy (non-hydrogen) atoms. The Labute approximate surface area is 103 Å². The molecule has 1 heterocycles. The number of aliphatic hydroxyl groups excluding tert-OH is 1. The van der Waals surface area contributed by atoms with Crippen LogP contribution in [0.25, 0.3) is 0 Å². The molecule has 1 aromatic rings. The fraction of sp³-hybridized carbons (Fsp3) is 0.462. The van der Waals surface area contributed by atoms with Gasteiger partial charge in [0.15, 0.2) is 0 Å². The SMILES string of the molecule is C=CCN(CCO)c1cc(CNC)cc(C)n1.